The number of benzene rings is 7. The normalized spacial score (nSPS) is 14.1. The van der Waals surface area contributed by atoms with E-state index in [2.05, 4.69) is 0 Å². The van der Waals surface area contributed by atoms with Gasteiger partial charge in [0.25, 0.3) is 0 Å². The molecule has 9 aromatic rings. The lowest BCUT2D eigenvalue weighted by molar-refractivity contribution is 0.379. The smallest absolute Gasteiger partial charge is 0.200 e. The number of halogens is 10. The summed E-state index contributed by atoms with van der Waals surface area (Å²) in [6.45, 7) is 0. The molecule has 0 radical (unpaired) electrons. The zero-order valence-corrected chi connectivity index (χ0v) is 33.0. The Morgan fingerprint density at radius 2 is 0.887 bits per heavy atom. The predicted octanol–water partition coefficient (Wildman–Crippen LogP) is 15.8. The van der Waals surface area contributed by atoms with Gasteiger partial charge in [0.2, 0.25) is 11.6 Å². The fraction of sp³-hybridized carbons (Fsp3) is 0.0417. The number of fused-ring (bicyclic) bond motifs is 6. The largest absolute Gasteiger partial charge is 0.329 e. The molecule has 308 valence electrons. The van der Waals surface area contributed by atoms with Gasteiger partial charge in [-0.15, -0.1) is 22.7 Å². The van der Waals surface area contributed by atoms with Crippen molar-refractivity contribution in [3.8, 4) is 0 Å². The summed E-state index contributed by atoms with van der Waals surface area (Å²) in [6, 6.07) is 28.5. The number of anilines is 5. The molecule has 1 aliphatic rings. The summed E-state index contributed by atoms with van der Waals surface area (Å²) in [5.41, 5.74) is -2.52. The van der Waals surface area contributed by atoms with Crippen LogP contribution in [0.1, 0.15) is 12.0 Å². The lowest BCUT2D eigenvalue weighted by Gasteiger charge is -2.38. The number of thiophene rings is 2. The van der Waals surface area contributed by atoms with Crippen LogP contribution in [0.3, 0.4) is 0 Å². The molecule has 0 N–H and O–H groups in total. The standard InChI is InChI=1S/C48H24F10N2S2/c49-37-39(51)43(55)47(44(56)40(37)52)59(23-17-19-35-29(21-23)27-11-3-7-15-33(27)61-35)31-13-5-1-9-25(31)26-10-2-6-14-32(26)60(48-45(57)41(53)38(50)42(54)46(48)58)24-18-20-36-30(22-24)28-12-4-8-16-34(28)62-36/h1-13,15-22,32H,14H2. The van der Waals surface area contributed by atoms with Crippen molar-refractivity contribution in [2.75, 3.05) is 9.80 Å². The number of nitrogens with zero attached hydrogens (tertiary/aromatic N) is 2. The Balaban J connectivity index is 1.23. The van der Waals surface area contributed by atoms with Gasteiger partial charge in [0.05, 0.1) is 11.7 Å². The monoisotopic (exact) mass is 882 g/mol. The minimum absolute atomic E-state index is 0.0216. The lowest BCUT2D eigenvalue weighted by Crippen LogP contribution is -2.35. The molecule has 0 saturated carbocycles. The first-order valence-electron chi connectivity index (χ1n) is 18.9. The van der Waals surface area contributed by atoms with Crippen LogP contribution in [-0.2, 0) is 0 Å². The summed E-state index contributed by atoms with van der Waals surface area (Å²) in [6.07, 6.45) is 4.56. The molecule has 2 heterocycles. The van der Waals surface area contributed by atoms with E-state index in [0.717, 1.165) is 39.4 Å². The van der Waals surface area contributed by atoms with E-state index in [0.29, 0.717) is 10.8 Å². The Kier molecular flexibility index (Phi) is 9.60. The Morgan fingerprint density at radius 3 is 1.47 bits per heavy atom. The van der Waals surface area contributed by atoms with Crippen molar-refractivity contribution in [2.45, 2.75) is 12.5 Å². The molecular formula is C48H24F10N2S2. The Hall–Kier alpha value is -6.64. The lowest BCUT2D eigenvalue weighted by atomic mass is 9.88. The van der Waals surface area contributed by atoms with Gasteiger partial charge in [0.1, 0.15) is 11.4 Å². The van der Waals surface area contributed by atoms with Gasteiger partial charge in [-0.25, -0.2) is 43.9 Å². The average molecular weight is 883 g/mol. The van der Waals surface area contributed by atoms with Gasteiger partial charge in [0, 0.05) is 57.3 Å². The van der Waals surface area contributed by atoms with Gasteiger partial charge in [-0.1, -0.05) is 72.8 Å². The molecule has 14 heteroatoms. The second-order valence-corrected chi connectivity index (χ2v) is 16.6. The van der Waals surface area contributed by atoms with E-state index in [-0.39, 0.29) is 34.6 Å². The third-order valence-electron chi connectivity index (χ3n) is 11.0. The maximum atomic E-state index is 16.2. The summed E-state index contributed by atoms with van der Waals surface area (Å²) in [5, 5.41) is 2.77. The van der Waals surface area contributed by atoms with Crippen LogP contribution in [-0.4, -0.2) is 6.04 Å². The topological polar surface area (TPSA) is 6.48 Å². The molecule has 0 amide bonds. The van der Waals surface area contributed by atoms with Gasteiger partial charge >= 0.3 is 0 Å². The van der Waals surface area contributed by atoms with E-state index in [9.17, 15) is 8.78 Å². The van der Waals surface area contributed by atoms with Crippen molar-refractivity contribution >= 4 is 97.0 Å². The quantitative estimate of drug-likeness (QED) is 0.0894. The SMILES string of the molecule is Fc1c(F)c(F)c(N(c2ccc3sc4ccccc4c3c2)c2ccccc2C2=CC=CCC2N(c2ccc3sc4ccccc4c3c2)c2c(F)c(F)c(F)c(F)c2F)c(F)c1F. The summed E-state index contributed by atoms with van der Waals surface area (Å²) < 4.78 is 158. The first kappa shape index (κ1) is 39.5. The van der Waals surface area contributed by atoms with Crippen molar-refractivity contribution in [3.63, 3.8) is 0 Å². The van der Waals surface area contributed by atoms with Crippen molar-refractivity contribution < 1.29 is 43.9 Å². The molecule has 1 atom stereocenters. The fourth-order valence-electron chi connectivity index (χ4n) is 8.21. The predicted molar refractivity (Wildman–Crippen MR) is 227 cm³/mol. The van der Waals surface area contributed by atoms with E-state index >= 15 is 35.1 Å². The molecule has 0 bridgehead atoms. The van der Waals surface area contributed by atoms with Gasteiger partial charge in [-0.05, 0) is 66.6 Å². The van der Waals surface area contributed by atoms with E-state index in [4.69, 9.17) is 0 Å². The third-order valence-corrected chi connectivity index (χ3v) is 13.3. The van der Waals surface area contributed by atoms with Crippen molar-refractivity contribution in [2.24, 2.45) is 0 Å². The van der Waals surface area contributed by atoms with E-state index in [1.807, 2.05) is 36.4 Å². The molecule has 7 aromatic carbocycles. The van der Waals surface area contributed by atoms with Crippen LogP contribution in [0.4, 0.5) is 72.3 Å². The average Bonchev–Trinajstić information content (AvgIpc) is 3.87. The van der Waals surface area contributed by atoms with E-state index < -0.39 is 75.6 Å². The van der Waals surface area contributed by atoms with Crippen LogP contribution in [0.25, 0.3) is 45.9 Å². The number of rotatable bonds is 7. The minimum atomic E-state index is -2.37. The molecule has 0 aliphatic heterocycles. The first-order valence-corrected chi connectivity index (χ1v) is 20.5. The van der Waals surface area contributed by atoms with Gasteiger partial charge in [-0.2, -0.15) is 0 Å². The Morgan fingerprint density at radius 1 is 0.435 bits per heavy atom. The van der Waals surface area contributed by atoms with Crippen molar-refractivity contribution in [1.82, 2.24) is 0 Å². The highest BCUT2D eigenvalue weighted by atomic mass is 32.1. The molecule has 62 heavy (non-hydrogen) atoms. The van der Waals surface area contributed by atoms with Crippen LogP contribution < -0.4 is 9.80 Å². The highest BCUT2D eigenvalue weighted by Crippen LogP contribution is 2.49. The summed E-state index contributed by atoms with van der Waals surface area (Å²) in [7, 11) is 0. The molecule has 1 aliphatic carbocycles. The molecule has 1 unspecified atom stereocenters. The maximum Gasteiger partial charge on any atom is 0.200 e. The molecule has 2 nitrogen and oxygen atoms in total. The molecule has 0 spiro atoms. The molecule has 0 fully saturated rings. The molecule has 2 aromatic heterocycles. The molecule has 10 rings (SSSR count). The summed E-state index contributed by atoms with van der Waals surface area (Å²) >= 11 is 2.85. The highest BCUT2D eigenvalue weighted by Gasteiger charge is 2.38. The van der Waals surface area contributed by atoms with Crippen molar-refractivity contribution in [1.29, 1.82) is 0 Å². The number of para-hydroxylation sites is 1. The van der Waals surface area contributed by atoms with E-state index in [1.54, 1.807) is 48.6 Å². The molecule has 0 saturated heterocycles. The zero-order valence-electron chi connectivity index (χ0n) is 31.4. The Bertz CT molecular complexity index is 3330. The third kappa shape index (κ3) is 6.06. The Labute approximate surface area is 353 Å². The van der Waals surface area contributed by atoms with Crippen LogP contribution in [0.5, 0.6) is 0 Å². The number of hydrogen-bond acceptors (Lipinski definition) is 4. The van der Waals surface area contributed by atoms with E-state index in [1.165, 1.54) is 65.1 Å². The molecular weight excluding hydrogens is 859 g/mol. The highest BCUT2D eigenvalue weighted by molar-refractivity contribution is 7.26. The van der Waals surface area contributed by atoms with Gasteiger partial charge in [0.15, 0.2) is 46.5 Å². The zero-order chi connectivity index (χ0) is 43.1. The number of allylic oxidation sites excluding steroid dienone is 2. The maximum absolute atomic E-state index is 16.2. The fourth-order valence-corrected chi connectivity index (χ4v) is 10.4. The minimum Gasteiger partial charge on any atom is -0.329 e. The van der Waals surface area contributed by atoms with Crippen LogP contribution in [0.15, 0.2) is 127 Å². The number of hydrogen-bond donors (Lipinski definition) is 0. The second-order valence-electron chi connectivity index (χ2n) is 14.4. The van der Waals surface area contributed by atoms with Gasteiger partial charge < -0.3 is 9.80 Å². The van der Waals surface area contributed by atoms with Crippen LogP contribution in [0, 0.1) is 58.2 Å². The second kappa shape index (κ2) is 15.1. The summed E-state index contributed by atoms with van der Waals surface area (Å²) in [4.78, 5) is 1.86. The van der Waals surface area contributed by atoms with Crippen LogP contribution in [0.2, 0.25) is 0 Å². The van der Waals surface area contributed by atoms with Crippen LogP contribution >= 0.6 is 22.7 Å². The van der Waals surface area contributed by atoms with Gasteiger partial charge in [-0.3, -0.25) is 0 Å². The van der Waals surface area contributed by atoms with Crippen molar-refractivity contribution in [3.05, 3.63) is 191 Å². The first-order chi connectivity index (χ1) is 29.9. The summed E-state index contributed by atoms with van der Waals surface area (Å²) in [5.74, 6) is -22.0.